The van der Waals surface area contributed by atoms with E-state index in [1.807, 2.05) is 18.2 Å². The van der Waals surface area contributed by atoms with Gasteiger partial charge in [0.25, 0.3) is 5.91 Å². The minimum atomic E-state index is -1.24. The van der Waals surface area contributed by atoms with Crippen LogP contribution in [-0.4, -0.2) is 33.6 Å². The monoisotopic (exact) mass is 357 g/mol. The van der Waals surface area contributed by atoms with Crippen LogP contribution in [0.25, 0.3) is 10.6 Å². The zero-order valence-corrected chi connectivity index (χ0v) is 13.5. The van der Waals surface area contributed by atoms with E-state index in [1.54, 1.807) is 5.38 Å². The van der Waals surface area contributed by atoms with Gasteiger partial charge in [0.05, 0.1) is 6.61 Å². The number of thiazole rings is 1. The van der Waals surface area contributed by atoms with Crippen molar-refractivity contribution in [2.24, 2.45) is 0 Å². The van der Waals surface area contributed by atoms with Crippen LogP contribution in [0.1, 0.15) is 26.5 Å². The number of aromatic carboxylic acids is 1. The third-order valence-corrected chi connectivity index (χ3v) is 4.51. The van der Waals surface area contributed by atoms with E-state index in [4.69, 9.17) is 14.3 Å². The first kappa shape index (κ1) is 15.3. The molecule has 4 rings (SSSR count). The van der Waals surface area contributed by atoms with Crippen LogP contribution in [0, 0.1) is 0 Å². The van der Waals surface area contributed by atoms with Crippen LogP contribution in [0.15, 0.2) is 34.3 Å². The molecule has 0 fully saturated rings. The molecule has 126 valence electrons. The summed E-state index contributed by atoms with van der Waals surface area (Å²) in [4.78, 5) is 30.9. The minimum absolute atomic E-state index is 0.188. The van der Waals surface area contributed by atoms with E-state index in [1.165, 1.54) is 11.3 Å². The lowest BCUT2D eigenvalue weighted by atomic mass is 10.1. The standard InChI is InChI=1S/C16H11N3O5S/c20-13(19-16-18-10(6-24-16)15(21)22)11-7-25-14(17-11)9-1-2-12-8(5-9)3-4-23-12/h1-2,5-7H,3-4H2,(H,21,22)(H,18,19,20). The summed E-state index contributed by atoms with van der Waals surface area (Å²) in [5, 5.41) is 13.5. The molecule has 0 saturated heterocycles. The number of nitrogens with zero attached hydrogens (tertiary/aromatic N) is 2. The largest absolute Gasteiger partial charge is 0.493 e. The highest BCUT2D eigenvalue weighted by atomic mass is 32.1. The van der Waals surface area contributed by atoms with Gasteiger partial charge in [-0.2, -0.15) is 4.98 Å². The predicted octanol–water partition coefficient (Wildman–Crippen LogP) is 2.68. The van der Waals surface area contributed by atoms with Crippen LogP contribution in [-0.2, 0) is 6.42 Å². The number of oxazole rings is 1. The summed E-state index contributed by atoms with van der Waals surface area (Å²) < 4.78 is 10.4. The molecule has 0 aliphatic carbocycles. The Morgan fingerprint density at radius 3 is 2.92 bits per heavy atom. The van der Waals surface area contributed by atoms with Crippen LogP contribution < -0.4 is 10.1 Å². The number of benzene rings is 1. The molecule has 8 nitrogen and oxygen atoms in total. The number of nitrogens with one attached hydrogen (secondary N) is 1. The van der Waals surface area contributed by atoms with Crippen LogP contribution in [0.4, 0.5) is 6.01 Å². The third-order valence-electron chi connectivity index (χ3n) is 3.62. The summed E-state index contributed by atoms with van der Waals surface area (Å²) in [6.07, 6.45) is 1.81. The van der Waals surface area contributed by atoms with E-state index in [0.717, 1.165) is 29.6 Å². The first-order chi connectivity index (χ1) is 12.1. The number of carbonyl (C=O) groups excluding carboxylic acids is 1. The van der Waals surface area contributed by atoms with Gasteiger partial charge in [-0.1, -0.05) is 0 Å². The molecular weight excluding hydrogens is 346 g/mol. The van der Waals surface area contributed by atoms with E-state index in [0.29, 0.717) is 11.6 Å². The average Bonchev–Trinajstić information content (AvgIpc) is 3.33. The van der Waals surface area contributed by atoms with E-state index in [2.05, 4.69) is 15.3 Å². The number of carboxylic acid groups (broad SMARTS) is 1. The second kappa shape index (κ2) is 6.02. The Hall–Kier alpha value is -3.20. The fourth-order valence-electron chi connectivity index (χ4n) is 2.42. The maximum atomic E-state index is 12.2. The van der Waals surface area contributed by atoms with Gasteiger partial charge in [-0.05, 0) is 23.8 Å². The van der Waals surface area contributed by atoms with Gasteiger partial charge < -0.3 is 14.3 Å². The molecule has 2 N–H and O–H groups in total. The van der Waals surface area contributed by atoms with Gasteiger partial charge in [0, 0.05) is 17.4 Å². The molecule has 1 aromatic carbocycles. The van der Waals surface area contributed by atoms with Gasteiger partial charge in [-0.3, -0.25) is 10.1 Å². The van der Waals surface area contributed by atoms with Crippen LogP contribution in [0.3, 0.4) is 0 Å². The number of aromatic nitrogens is 2. The van der Waals surface area contributed by atoms with E-state index >= 15 is 0 Å². The molecule has 2 aromatic heterocycles. The topological polar surface area (TPSA) is 115 Å². The number of rotatable bonds is 4. The number of fused-ring (bicyclic) bond motifs is 1. The van der Waals surface area contributed by atoms with Crippen molar-refractivity contribution >= 4 is 29.2 Å². The van der Waals surface area contributed by atoms with Crippen molar-refractivity contribution in [3.8, 4) is 16.3 Å². The Morgan fingerprint density at radius 2 is 2.12 bits per heavy atom. The summed E-state index contributed by atoms with van der Waals surface area (Å²) in [7, 11) is 0. The first-order valence-corrected chi connectivity index (χ1v) is 8.20. The van der Waals surface area contributed by atoms with Crippen molar-refractivity contribution in [3.63, 3.8) is 0 Å². The molecule has 1 amide bonds. The zero-order chi connectivity index (χ0) is 17.4. The van der Waals surface area contributed by atoms with Crippen LogP contribution in [0.5, 0.6) is 5.75 Å². The highest BCUT2D eigenvalue weighted by Crippen LogP contribution is 2.32. The summed E-state index contributed by atoms with van der Waals surface area (Å²) in [6, 6.07) is 5.62. The van der Waals surface area contributed by atoms with Crippen LogP contribution in [0.2, 0.25) is 0 Å². The predicted molar refractivity (Wildman–Crippen MR) is 88.2 cm³/mol. The lowest BCUT2D eigenvalue weighted by Gasteiger charge is -2.01. The number of anilines is 1. The van der Waals surface area contributed by atoms with Crippen molar-refractivity contribution in [2.75, 3.05) is 11.9 Å². The van der Waals surface area contributed by atoms with Crippen molar-refractivity contribution in [3.05, 3.63) is 46.8 Å². The molecule has 3 aromatic rings. The molecule has 1 aliphatic rings. The fraction of sp³-hybridized carbons (Fsp3) is 0.125. The second-order valence-electron chi connectivity index (χ2n) is 5.26. The quantitative estimate of drug-likeness (QED) is 0.737. The van der Waals surface area contributed by atoms with Gasteiger partial charge in [-0.25, -0.2) is 9.78 Å². The number of hydrogen-bond acceptors (Lipinski definition) is 7. The highest BCUT2D eigenvalue weighted by molar-refractivity contribution is 7.13. The molecule has 0 unspecified atom stereocenters. The lowest BCUT2D eigenvalue weighted by molar-refractivity contribution is 0.0690. The summed E-state index contributed by atoms with van der Waals surface area (Å²) in [5.41, 5.74) is 1.96. The molecule has 9 heteroatoms. The fourth-order valence-corrected chi connectivity index (χ4v) is 3.22. The first-order valence-electron chi connectivity index (χ1n) is 7.32. The Balaban J connectivity index is 1.52. The number of hydrogen-bond donors (Lipinski definition) is 2. The average molecular weight is 357 g/mol. The van der Waals surface area contributed by atoms with Crippen molar-refractivity contribution in [1.29, 1.82) is 0 Å². The SMILES string of the molecule is O=C(O)c1coc(NC(=O)c2csc(-c3ccc4c(c3)CCO4)n2)n1. The third kappa shape index (κ3) is 2.96. The molecule has 0 spiro atoms. The Bertz CT molecular complexity index is 978. The van der Waals surface area contributed by atoms with E-state index in [9.17, 15) is 9.59 Å². The van der Waals surface area contributed by atoms with E-state index < -0.39 is 11.9 Å². The Labute approximate surface area is 145 Å². The second-order valence-corrected chi connectivity index (χ2v) is 6.11. The molecule has 25 heavy (non-hydrogen) atoms. The van der Waals surface area contributed by atoms with Crippen LogP contribution >= 0.6 is 11.3 Å². The highest BCUT2D eigenvalue weighted by Gasteiger charge is 2.18. The molecule has 0 bridgehead atoms. The Kier molecular flexibility index (Phi) is 3.69. The van der Waals surface area contributed by atoms with Gasteiger partial charge in [-0.15, -0.1) is 11.3 Å². The molecule has 0 atom stereocenters. The zero-order valence-electron chi connectivity index (χ0n) is 12.7. The number of carbonyl (C=O) groups is 2. The van der Waals surface area contributed by atoms with Gasteiger partial charge in [0.15, 0.2) is 5.69 Å². The van der Waals surface area contributed by atoms with Crippen molar-refractivity contribution in [2.45, 2.75) is 6.42 Å². The lowest BCUT2D eigenvalue weighted by Crippen LogP contribution is -2.12. The maximum absolute atomic E-state index is 12.2. The summed E-state index contributed by atoms with van der Waals surface area (Å²) in [6.45, 7) is 0.679. The molecule has 3 heterocycles. The normalized spacial score (nSPS) is 12.5. The number of ether oxygens (including phenoxy) is 1. The summed E-state index contributed by atoms with van der Waals surface area (Å²) >= 11 is 1.34. The molecule has 1 aliphatic heterocycles. The summed E-state index contributed by atoms with van der Waals surface area (Å²) in [5.74, 6) is -0.872. The van der Waals surface area contributed by atoms with Crippen molar-refractivity contribution < 1.29 is 23.8 Å². The van der Waals surface area contributed by atoms with Gasteiger partial charge in [0.1, 0.15) is 22.7 Å². The maximum Gasteiger partial charge on any atom is 0.357 e. The molecule has 0 radical (unpaired) electrons. The Morgan fingerprint density at radius 1 is 1.24 bits per heavy atom. The molecular formula is C16H11N3O5S. The van der Waals surface area contributed by atoms with E-state index in [-0.39, 0.29) is 17.4 Å². The van der Waals surface area contributed by atoms with Gasteiger partial charge in [0.2, 0.25) is 0 Å². The number of carboxylic acids is 1. The van der Waals surface area contributed by atoms with Gasteiger partial charge >= 0.3 is 12.0 Å². The molecule has 0 saturated carbocycles. The van der Waals surface area contributed by atoms with Crippen molar-refractivity contribution in [1.82, 2.24) is 9.97 Å². The minimum Gasteiger partial charge on any atom is -0.493 e. The number of amides is 1. The smallest absolute Gasteiger partial charge is 0.357 e.